The fourth-order valence-corrected chi connectivity index (χ4v) is 4.26. The first kappa shape index (κ1) is 21.8. The van der Waals surface area contributed by atoms with Crippen molar-refractivity contribution in [3.8, 4) is 5.75 Å². The number of aromatic amines is 1. The van der Waals surface area contributed by atoms with E-state index in [2.05, 4.69) is 9.97 Å². The first-order valence-electron chi connectivity index (χ1n) is 11.0. The van der Waals surface area contributed by atoms with Gasteiger partial charge in [0.2, 0.25) is 11.6 Å². The van der Waals surface area contributed by atoms with Crippen LogP contribution in [0.5, 0.6) is 5.75 Å². The van der Waals surface area contributed by atoms with Crippen LogP contribution < -0.4 is 10.3 Å². The van der Waals surface area contributed by atoms with E-state index in [1.807, 2.05) is 18.0 Å². The summed E-state index contributed by atoms with van der Waals surface area (Å²) >= 11 is 0. The maximum Gasteiger partial charge on any atom is 0.291 e. The number of nitrogens with one attached hydrogen (secondary N) is 1. The van der Waals surface area contributed by atoms with E-state index in [0.29, 0.717) is 56.4 Å². The number of piperidine rings is 1. The number of hydrogen-bond acceptors (Lipinski definition) is 5. The lowest BCUT2D eigenvalue weighted by molar-refractivity contribution is -0.132. The average molecular weight is 437 g/mol. The highest BCUT2D eigenvalue weighted by molar-refractivity contribution is 5.98. The second-order valence-corrected chi connectivity index (χ2v) is 8.30. The van der Waals surface area contributed by atoms with E-state index in [9.17, 15) is 14.4 Å². The zero-order chi connectivity index (χ0) is 22.7. The molecular formula is C24H28N4O4. The molecular weight excluding hydrogens is 408 g/mol. The number of aryl methyl sites for hydroxylation is 2. The number of Topliss-reactive ketones (excluding diaryl/α,β-unsaturated/α-hetero) is 1. The van der Waals surface area contributed by atoms with Gasteiger partial charge in [0.25, 0.3) is 5.56 Å². The predicted molar refractivity (Wildman–Crippen MR) is 120 cm³/mol. The fourth-order valence-electron chi connectivity index (χ4n) is 4.26. The average Bonchev–Trinajstić information content (AvgIpc) is 3.20. The molecule has 2 aromatic heterocycles. The second kappa shape index (κ2) is 9.38. The molecule has 0 radical (unpaired) electrons. The molecule has 1 aromatic carbocycles. The number of methoxy groups -OCH3 is 1. The maximum atomic E-state index is 12.8. The van der Waals surface area contributed by atoms with E-state index >= 15 is 0 Å². The van der Waals surface area contributed by atoms with E-state index in [4.69, 9.17) is 4.74 Å². The SMILES string of the molecule is COc1ccc(C(=O)C2CCN(C(=O)CCCc3cn4c(C)cnc4c(=O)[nH]3)CC2)cc1. The number of benzene rings is 1. The molecule has 32 heavy (non-hydrogen) atoms. The zero-order valence-electron chi connectivity index (χ0n) is 18.5. The van der Waals surface area contributed by atoms with Crippen LogP contribution in [-0.4, -0.2) is 51.2 Å². The molecule has 8 heteroatoms. The van der Waals surface area contributed by atoms with Gasteiger partial charge in [-0.2, -0.15) is 0 Å². The molecule has 3 aromatic rings. The van der Waals surface area contributed by atoms with E-state index in [0.717, 1.165) is 17.1 Å². The van der Waals surface area contributed by atoms with Gasteiger partial charge in [0.05, 0.1) is 7.11 Å². The van der Waals surface area contributed by atoms with Crippen LogP contribution in [0.25, 0.3) is 5.65 Å². The number of nitrogens with zero attached hydrogens (tertiary/aromatic N) is 3. The smallest absolute Gasteiger partial charge is 0.291 e. The van der Waals surface area contributed by atoms with E-state index in [1.54, 1.807) is 42.0 Å². The Labute approximate surface area is 186 Å². The molecule has 168 valence electrons. The lowest BCUT2D eigenvalue weighted by atomic mass is 9.88. The molecule has 0 aliphatic carbocycles. The number of ether oxygens (including phenoxy) is 1. The molecule has 4 rings (SSSR count). The van der Waals surface area contributed by atoms with Crippen molar-refractivity contribution in [2.45, 2.75) is 39.0 Å². The summed E-state index contributed by atoms with van der Waals surface area (Å²) in [5, 5.41) is 0. The van der Waals surface area contributed by atoms with Gasteiger partial charge in [-0.1, -0.05) is 0 Å². The van der Waals surface area contributed by atoms with Gasteiger partial charge in [0.1, 0.15) is 5.75 Å². The summed E-state index contributed by atoms with van der Waals surface area (Å²) in [6.45, 7) is 3.10. The van der Waals surface area contributed by atoms with Crippen LogP contribution in [0.1, 0.15) is 47.4 Å². The van der Waals surface area contributed by atoms with Crippen molar-refractivity contribution in [2.24, 2.45) is 5.92 Å². The van der Waals surface area contributed by atoms with Crippen LogP contribution >= 0.6 is 0 Å². The van der Waals surface area contributed by atoms with Gasteiger partial charge in [0, 0.05) is 54.8 Å². The Morgan fingerprint density at radius 1 is 1.19 bits per heavy atom. The molecule has 1 fully saturated rings. The largest absolute Gasteiger partial charge is 0.497 e. The van der Waals surface area contributed by atoms with Crippen molar-refractivity contribution in [1.82, 2.24) is 19.3 Å². The van der Waals surface area contributed by atoms with Gasteiger partial charge in [-0.05, 0) is 56.9 Å². The molecule has 1 aliphatic rings. The van der Waals surface area contributed by atoms with E-state index in [-0.39, 0.29) is 23.2 Å². The second-order valence-electron chi connectivity index (χ2n) is 8.30. The van der Waals surface area contributed by atoms with Crippen molar-refractivity contribution < 1.29 is 14.3 Å². The van der Waals surface area contributed by atoms with Crippen LogP contribution in [0, 0.1) is 12.8 Å². The molecule has 0 saturated carbocycles. The number of H-pyrrole nitrogens is 1. The summed E-state index contributed by atoms with van der Waals surface area (Å²) in [4.78, 5) is 46.3. The quantitative estimate of drug-likeness (QED) is 0.575. The Morgan fingerprint density at radius 2 is 1.91 bits per heavy atom. The van der Waals surface area contributed by atoms with Crippen molar-refractivity contribution >= 4 is 17.3 Å². The van der Waals surface area contributed by atoms with Crippen LogP contribution in [0.15, 0.2) is 41.5 Å². The van der Waals surface area contributed by atoms with Crippen LogP contribution in [-0.2, 0) is 11.2 Å². The summed E-state index contributed by atoms with van der Waals surface area (Å²) in [6, 6.07) is 7.19. The number of hydrogen-bond donors (Lipinski definition) is 1. The molecule has 1 amide bonds. The molecule has 1 aliphatic heterocycles. The van der Waals surface area contributed by atoms with Crippen LogP contribution in [0.4, 0.5) is 0 Å². The number of ketones is 1. The number of likely N-dealkylation sites (tertiary alicyclic amines) is 1. The molecule has 0 unspecified atom stereocenters. The summed E-state index contributed by atoms with van der Waals surface area (Å²) in [5.74, 6) is 0.908. The third-order valence-electron chi connectivity index (χ3n) is 6.17. The van der Waals surface area contributed by atoms with E-state index in [1.165, 1.54) is 0 Å². The molecule has 1 N–H and O–H groups in total. The minimum atomic E-state index is -0.217. The molecule has 0 spiro atoms. The van der Waals surface area contributed by atoms with Crippen molar-refractivity contribution in [3.63, 3.8) is 0 Å². The molecule has 8 nitrogen and oxygen atoms in total. The Kier molecular flexibility index (Phi) is 6.39. The minimum Gasteiger partial charge on any atom is -0.497 e. The summed E-state index contributed by atoms with van der Waals surface area (Å²) in [7, 11) is 1.60. The van der Waals surface area contributed by atoms with Gasteiger partial charge in [-0.25, -0.2) is 4.98 Å². The van der Waals surface area contributed by atoms with Gasteiger partial charge in [0.15, 0.2) is 5.78 Å². The Hall–Kier alpha value is -3.42. The lowest BCUT2D eigenvalue weighted by Gasteiger charge is -2.31. The first-order valence-corrected chi connectivity index (χ1v) is 11.0. The predicted octanol–water partition coefficient (Wildman–Crippen LogP) is 2.78. The van der Waals surface area contributed by atoms with Gasteiger partial charge in [-0.15, -0.1) is 0 Å². The van der Waals surface area contributed by atoms with Crippen molar-refractivity contribution in [1.29, 1.82) is 0 Å². The van der Waals surface area contributed by atoms with Gasteiger partial charge >= 0.3 is 0 Å². The minimum absolute atomic E-state index is 0.0531. The standard InChI is InChI=1S/C24H28N4O4/c1-16-14-25-23-24(31)26-19(15-28(16)23)4-3-5-21(29)27-12-10-18(11-13-27)22(30)17-6-8-20(32-2)9-7-17/h6-9,14-15,18H,3-5,10-13H2,1-2H3,(H,26,31). The van der Waals surface area contributed by atoms with Crippen LogP contribution in [0.2, 0.25) is 0 Å². The number of imidazole rings is 1. The first-order chi connectivity index (χ1) is 15.5. The summed E-state index contributed by atoms with van der Waals surface area (Å²) in [6.07, 6.45) is 6.58. The molecule has 3 heterocycles. The van der Waals surface area contributed by atoms with Crippen molar-refractivity contribution in [2.75, 3.05) is 20.2 Å². The highest BCUT2D eigenvalue weighted by Crippen LogP contribution is 2.23. The number of fused-ring (bicyclic) bond motifs is 1. The lowest BCUT2D eigenvalue weighted by Crippen LogP contribution is -2.40. The Morgan fingerprint density at radius 3 is 2.59 bits per heavy atom. The zero-order valence-corrected chi connectivity index (χ0v) is 18.5. The molecule has 1 saturated heterocycles. The summed E-state index contributed by atoms with van der Waals surface area (Å²) < 4.78 is 6.92. The monoisotopic (exact) mass is 436 g/mol. The van der Waals surface area contributed by atoms with Gasteiger partial charge < -0.3 is 14.6 Å². The number of amides is 1. The van der Waals surface area contributed by atoms with E-state index < -0.39 is 0 Å². The third-order valence-corrected chi connectivity index (χ3v) is 6.17. The molecule has 0 bridgehead atoms. The van der Waals surface area contributed by atoms with Crippen LogP contribution in [0.3, 0.4) is 0 Å². The third kappa shape index (κ3) is 4.59. The fraction of sp³-hybridized carbons (Fsp3) is 0.417. The number of carbonyl (C=O) groups is 2. The topological polar surface area (TPSA) is 96.8 Å². The van der Waals surface area contributed by atoms with Gasteiger partial charge in [-0.3, -0.25) is 18.8 Å². The molecule has 0 atom stereocenters. The normalized spacial score (nSPS) is 14.6. The summed E-state index contributed by atoms with van der Waals surface area (Å²) in [5.41, 5.74) is 2.55. The number of aromatic nitrogens is 3. The number of rotatable bonds is 7. The Bertz CT molecular complexity index is 1170. The highest BCUT2D eigenvalue weighted by Gasteiger charge is 2.27. The van der Waals surface area contributed by atoms with Crippen molar-refractivity contribution in [3.05, 3.63) is 64.0 Å². The maximum absolute atomic E-state index is 12.8. The Balaban J connectivity index is 1.26. The highest BCUT2D eigenvalue weighted by atomic mass is 16.5. The number of carbonyl (C=O) groups excluding carboxylic acids is 2.